The molecule has 0 saturated heterocycles. The van der Waals surface area contributed by atoms with E-state index in [2.05, 4.69) is 15.3 Å². The van der Waals surface area contributed by atoms with Crippen LogP contribution in [-0.2, 0) is 0 Å². The van der Waals surface area contributed by atoms with Crippen LogP contribution in [0, 0.1) is 26.2 Å². The number of halogens is 1. The lowest BCUT2D eigenvalue weighted by atomic mass is 10.2. The minimum absolute atomic E-state index is 0. The molecule has 0 saturated carbocycles. The summed E-state index contributed by atoms with van der Waals surface area (Å²) in [4.78, 5) is 0. The first kappa shape index (κ1) is 15.8. The molecule has 0 amide bonds. The molecular formula is C13H17ClN6. The van der Waals surface area contributed by atoms with Gasteiger partial charge in [-0.1, -0.05) is 17.7 Å². The Morgan fingerprint density at radius 3 is 2.25 bits per heavy atom. The Bertz CT molecular complexity index is 642. The average molecular weight is 293 g/mol. The van der Waals surface area contributed by atoms with Gasteiger partial charge < -0.3 is 5.73 Å². The highest BCUT2D eigenvalue weighted by Crippen LogP contribution is 2.25. The van der Waals surface area contributed by atoms with Crippen LogP contribution in [0.3, 0.4) is 0 Å². The zero-order valence-corrected chi connectivity index (χ0v) is 12.4. The van der Waals surface area contributed by atoms with Crippen LogP contribution in [0.2, 0.25) is 0 Å². The van der Waals surface area contributed by atoms with Crippen LogP contribution in [-0.4, -0.2) is 15.7 Å². The second-order valence-corrected chi connectivity index (χ2v) is 4.35. The van der Waals surface area contributed by atoms with Gasteiger partial charge in [-0.15, -0.1) is 17.5 Å². The number of azo groups is 1. The third-order valence-electron chi connectivity index (χ3n) is 2.78. The second-order valence-electron chi connectivity index (χ2n) is 4.35. The molecule has 6 nitrogen and oxygen atoms in total. The van der Waals surface area contributed by atoms with E-state index in [0.29, 0.717) is 17.1 Å². The third kappa shape index (κ3) is 3.21. The van der Waals surface area contributed by atoms with Crippen molar-refractivity contribution in [1.29, 1.82) is 5.41 Å². The molecule has 0 fully saturated rings. The minimum atomic E-state index is -0.127. The van der Waals surface area contributed by atoms with E-state index in [-0.39, 0.29) is 18.4 Å². The number of hydrogen-bond acceptors (Lipinski definition) is 4. The van der Waals surface area contributed by atoms with E-state index < -0.39 is 0 Å². The molecule has 7 heteroatoms. The van der Waals surface area contributed by atoms with Gasteiger partial charge in [-0.25, -0.2) is 4.68 Å². The Labute approximate surface area is 123 Å². The van der Waals surface area contributed by atoms with Crippen LogP contribution >= 0.6 is 12.4 Å². The Kier molecular flexibility index (Phi) is 4.99. The lowest BCUT2D eigenvalue weighted by Crippen LogP contribution is -2.22. The van der Waals surface area contributed by atoms with Crippen molar-refractivity contribution in [2.24, 2.45) is 16.0 Å². The standard InChI is InChI=1S/C13H16N6.ClH/c1-8-4-6-11(7-5-8)16-17-12-9(2)18-19(10(12)3)13(14)15;/h4-7H,1-3H3,(H3,14,15);1H. The predicted molar refractivity (Wildman–Crippen MR) is 81.6 cm³/mol. The number of hydrogen-bond donors (Lipinski definition) is 2. The highest BCUT2D eigenvalue weighted by Gasteiger charge is 2.12. The number of aryl methyl sites for hydroxylation is 2. The van der Waals surface area contributed by atoms with Gasteiger partial charge in [0.05, 0.1) is 17.1 Å². The van der Waals surface area contributed by atoms with Crippen LogP contribution in [0.4, 0.5) is 11.4 Å². The Morgan fingerprint density at radius 2 is 1.75 bits per heavy atom. The topological polar surface area (TPSA) is 92.4 Å². The number of nitrogens with two attached hydrogens (primary N) is 1. The number of aromatic nitrogens is 2. The molecule has 0 bridgehead atoms. The maximum Gasteiger partial charge on any atom is 0.213 e. The van der Waals surface area contributed by atoms with Crippen LogP contribution in [0.25, 0.3) is 0 Å². The first-order valence-electron chi connectivity index (χ1n) is 5.88. The molecular weight excluding hydrogens is 276 g/mol. The molecule has 0 unspecified atom stereocenters. The number of nitrogens with zero attached hydrogens (tertiary/aromatic N) is 4. The van der Waals surface area contributed by atoms with Gasteiger partial charge in [-0.3, -0.25) is 5.41 Å². The van der Waals surface area contributed by atoms with Gasteiger partial charge in [-0.2, -0.15) is 10.2 Å². The average Bonchev–Trinajstić information content (AvgIpc) is 2.65. The van der Waals surface area contributed by atoms with E-state index in [1.807, 2.05) is 45.0 Å². The van der Waals surface area contributed by atoms with Gasteiger partial charge >= 0.3 is 0 Å². The monoisotopic (exact) mass is 292 g/mol. The molecule has 2 rings (SSSR count). The van der Waals surface area contributed by atoms with Crippen LogP contribution in [0.15, 0.2) is 34.5 Å². The smallest absolute Gasteiger partial charge is 0.213 e. The van der Waals surface area contributed by atoms with E-state index >= 15 is 0 Å². The number of benzene rings is 1. The molecule has 3 N–H and O–H groups in total. The van der Waals surface area contributed by atoms with Gasteiger partial charge in [0.15, 0.2) is 0 Å². The fraction of sp³-hybridized carbons (Fsp3) is 0.231. The molecule has 0 radical (unpaired) electrons. The van der Waals surface area contributed by atoms with Crippen molar-refractivity contribution in [3.8, 4) is 0 Å². The van der Waals surface area contributed by atoms with E-state index in [4.69, 9.17) is 11.1 Å². The highest BCUT2D eigenvalue weighted by atomic mass is 35.5. The summed E-state index contributed by atoms with van der Waals surface area (Å²) in [6, 6.07) is 7.76. The summed E-state index contributed by atoms with van der Waals surface area (Å²) in [7, 11) is 0. The lowest BCUT2D eigenvalue weighted by Gasteiger charge is -1.98. The third-order valence-corrected chi connectivity index (χ3v) is 2.78. The lowest BCUT2D eigenvalue weighted by molar-refractivity contribution is 0.863. The largest absolute Gasteiger partial charge is 0.368 e. The van der Waals surface area contributed by atoms with Crippen molar-refractivity contribution in [2.75, 3.05) is 0 Å². The maximum atomic E-state index is 7.41. The summed E-state index contributed by atoms with van der Waals surface area (Å²) in [5, 5.41) is 19.9. The molecule has 0 aliphatic carbocycles. The zero-order valence-electron chi connectivity index (χ0n) is 11.6. The van der Waals surface area contributed by atoms with E-state index in [9.17, 15) is 0 Å². The fourth-order valence-corrected chi connectivity index (χ4v) is 1.73. The minimum Gasteiger partial charge on any atom is -0.368 e. The maximum absolute atomic E-state index is 7.41. The van der Waals surface area contributed by atoms with Crippen molar-refractivity contribution < 1.29 is 0 Å². The van der Waals surface area contributed by atoms with Crippen molar-refractivity contribution in [1.82, 2.24) is 9.78 Å². The van der Waals surface area contributed by atoms with Crippen molar-refractivity contribution in [2.45, 2.75) is 20.8 Å². The van der Waals surface area contributed by atoms with Crippen molar-refractivity contribution in [3.05, 3.63) is 41.2 Å². The van der Waals surface area contributed by atoms with Gasteiger partial charge in [0.2, 0.25) is 5.96 Å². The highest BCUT2D eigenvalue weighted by molar-refractivity contribution is 5.85. The quantitative estimate of drug-likeness (QED) is 0.504. The normalized spacial score (nSPS) is 10.6. The molecule has 1 aromatic heterocycles. The molecule has 0 atom stereocenters. The number of rotatable bonds is 2. The summed E-state index contributed by atoms with van der Waals surface area (Å²) in [5.41, 5.74) is 9.44. The van der Waals surface area contributed by atoms with Crippen molar-refractivity contribution >= 4 is 29.7 Å². The predicted octanol–water partition coefficient (Wildman–Crippen LogP) is 3.39. The molecule has 20 heavy (non-hydrogen) atoms. The molecule has 0 aliphatic heterocycles. The second kappa shape index (κ2) is 6.29. The zero-order chi connectivity index (χ0) is 14.0. The van der Waals surface area contributed by atoms with E-state index in [1.165, 1.54) is 10.2 Å². The summed E-state index contributed by atoms with van der Waals surface area (Å²) in [6.45, 7) is 5.65. The molecule has 1 heterocycles. The van der Waals surface area contributed by atoms with Gasteiger partial charge in [0.1, 0.15) is 5.69 Å². The first-order chi connectivity index (χ1) is 8.99. The molecule has 0 spiro atoms. The van der Waals surface area contributed by atoms with Crippen molar-refractivity contribution in [3.63, 3.8) is 0 Å². The Morgan fingerprint density at radius 1 is 1.15 bits per heavy atom. The summed E-state index contributed by atoms with van der Waals surface area (Å²) < 4.78 is 1.35. The SMILES string of the molecule is Cc1ccc(N=Nc2c(C)nn(C(=N)N)c2C)cc1.Cl. The molecule has 106 valence electrons. The fourth-order valence-electron chi connectivity index (χ4n) is 1.73. The number of nitrogen functional groups attached to an aromatic ring is 1. The van der Waals surface area contributed by atoms with Gasteiger partial charge in [0, 0.05) is 0 Å². The van der Waals surface area contributed by atoms with Crippen LogP contribution < -0.4 is 5.73 Å². The van der Waals surface area contributed by atoms with Gasteiger partial charge in [-0.05, 0) is 32.9 Å². The molecule has 0 aliphatic rings. The Hall–Kier alpha value is -2.21. The van der Waals surface area contributed by atoms with E-state index in [0.717, 1.165) is 5.69 Å². The van der Waals surface area contributed by atoms with Gasteiger partial charge in [0.25, 0.3) is 0 Å². The first-order valence-corrected chi connectivity index (χ1v) is 5.88. The summed E-state index contributed by atoms with van der Waals surface area (Å²) in [5.74, 6) is -0.127. The Balaban J connectivity index is 0.00000200. The summed E-state index contributed by atoms with van der Waals surface area (Å²) >= 11 is 0. The van der Waals surface area contributed by atoms with Crippen LogP contribution in [0.5, 0.6) is 0 Å². The number of nitrogens with one attached hydrogen (secondary N) is 1. The summed E-state index contributed by atoms with van der Waals surface area (Å²) in [6.07, 6.45) is 0. The van der Waals surface area contributed by atoms with E-state index in [1.54, 1.807) is 0 Å². The molecule has 1 aromatic carbocycles. The molecule has 2 aromatic rings. The van der Waals surface area contributed by atoms with Crippen LogP contribution in [0.1, 0.15) is 17.0 Å².